The minimum Gasteiger partial charge on any atom is -0.374 e. The topological polar surface area (TPSA) is 47.9 Å². The Morgan fingerprint density at radius 1 is 1.26 bits per heavy atom. The van der Waals surface area contributed by atoms with Gasteiger partial charge in [-0.15, -0.1) is 0 Å². The molecule has 0 aliphatic heterocycles. The molecule has 1 fully saturated rings. The Morgan fingerprint density at radius 3 is 2.43 bits per heavy atom. The Labute approximate surface area is 132 Å². The van der Waals surface area contributed by atoms with Crippen molar-refractivity contribution in [2.45, 2.75) is 44.4 Å². The predicted molar refractivity (Wildman–Crippen MR) is 77.8 cm³/mol. The van der Waals surface area contributed by atoms with Crippen molar-refractivity contribution >= 4 is 11.7 Å². The van der Waals surface area contributed by atoms with E-state index in [0.717, 1.165) is 12.1 Å². The third kappa shape index (κ3) is 4.10. The first-order valence-electron chi connectivity index (χ1n) is 7.23. The molecular formula is C16H18F3NO3. The van der Waals surface area contributed by atoms with Crippen LogP contribution in [-0.4, -0.2) is 18.8 Å². The van der Waals surface area contributed by atoms with Crippen LogP contribution in [0.25, 0.3) is 0 Å². The van der Waals surface area contributed by atoms with Crippen molar-refractivity contribution in [3.8, 4) is 0 Å². The lowest BCUT2D eigenvalue weighted by Crippen LogP contribution is -2.34. The zero-order valence-electron chi connectivity index (χ0n) is 12.9. The van der Waals surface area contributed by atoms with Gasteiger partial charge in [-0.1, -0.05) is 17.3 Å². The Kier molecular flexibility index (Phi) is 5.09. The normalized spacial score (nSPS) is 21.9. The van der Waals surface area contributed by atoms with E-state index in [0.29, 0.717) is 37.0 Å². The van der Waals surface area contributed by atoms with Gasteiger partial charge in [0.2, 0.25) is 0 Å². The molecule has 0 bridgehead atoms. The van der Waals surface area contributed by atoms with Gasteiger partial charge in [0.15, 0.2) is 0 Å². The highest BCUT2D eigenvalue weighted by atomic mass is 19.4. The van der Waals surface area contributed by atoms with Crippen molar-refractivity contribution in [1.82, 2.24) is 0 Å². The molecule has 0 amide bonds. The van der Waals surface area contributed by atoms with E-state index < -0.39 is 23.3 Å². The molecule has 1 aliphatic rings. The van der Waals surface area contributed by atoms with Crippen molar-refractivity contribution in [2.24, 2.45) is 5.16 Å². The summed E-state index contributed by atoms with van der Waals surface area (Å²) in [5, 5.41) is 3.76. The first-order chi connectivity index (χ1) is 10.8. The number of benzene rings is 1. The van der Waals surface area contributed by atoms with Crippen molar-refractivity contribution in [1.29, 1.82) is 0 Å². The summed E-state index contributed by atoms with van der Waals surface area (Å²) >= 11 is 0. The van der Waals surface area contributed by atoms with Gasteiger partial charge in [-0.2, -0.15) is 13.2 Å². The lowest BCUT2D eigenvalue weighted by Gasteiger charge is -2.37. The zero-order valence-corrected chi connectivity index (χ0v) is 12.9. The molecule has 0 radical (unpaired) electrons. The van der Waals surface area contributed by atoms with Crippen molar-refractivity contribution in [3.05, 3.63) is 35.4 Å². The van der Waals surface area contributed by atoms with Crippen LogP contribution in [0.1, 0.15) is 43.7 Å². The molecular weight excluding hydrogens is 311 g/mol. The number of nitrogens with zero attached hydrogens (tertiary/aromatic N) is 1. The quantitative estimate of drug-likeness (QED) is 0.621. The first kappa shape index (κ1) is 17.5. The van der Waals surface area contributed by atoms with Crippen LogP contribution in [0.5, 0.6) is 0 Å². The molecule has 126 valence electrons. The molecule has 0 atom stereocenters. The molecule has 0 spiro atoms. The van der Waals surface area contributed by atoms with Crippen LogP contribution in [0.4, 0.5) is 13.2 Å². The molecule has 7 heteroatoms. The number of halogens is 3. The molecule has 0 unspecified atom stereocenters. The zero-order chi connectivity index (χ0) is 17.1. The van der Waals surface area contributed by atoms with Gasteiger partial charge in [0.1, 0.15) is 0 Å². The number of hydrogen-bond donors (Lipinski definition) is 0. The number of oxime groups is 1. The average Bonchev–Trinajstić information content (AvgIpc) is 2.53. The Hall–Kier alpha value is -1.89. The summed E-state index contributed by atoms with van der Waals surface area (Å²) in [4.78, 5) is 15.4. The molecule has 1 aromatic rings. The van der Waals surface area contributed by atoms with E-state index in [1.54, 1.807) is 6.07 Å². The molecule has 1 saturated carbocycles. The molecule has 0 N–H and O–H groups in total. The van der Waals surface area contributed by atoms with Gasteiger partial charge in [-0.3, -0.25) is 0 Å². The van der Waals surface area contributed by atoms with E-state index in [2.05, 4.69) is 9.99 Å². The van der Waals surface area contributed by atoms with Crippen LogP contribution in [0, 0.1) is 0 Å². The Bertz CT molecular complexity index is 601. The minimum atomic E-state index is -4.39. The summed E-state index contributed by atoms with van der Waals surface area (Å²) < 4.78 is 44.3. The maximum Gasteiger partial charge on any atom is 0.416 e. The molecule has 1 aliphatic carbocycles. The van der Waals surface area contributed by atoms with Crippen LogP contribution in [0.2, 0.25) is 0 Å². The van der Waals surface area contributed by atoms with Crippen LogP contribution in [0.3, 0.4) is 0 Å². The second-order valence-corrected chi connectivity index (χ2v) is 5.52. The minimum absolute atomic E-state index is 0.477. The van der Waals surface area contributed by atoms with Crippen molar-refractivity contribution < 1.29 is 27.5 Å². The highest BCUT2D eigenvalue weighted by Crippen LogP contribution is 2.41. The number of carbonyl (C=O) groups is 1. The van der Waals surface area contributed by atoms with E-state index in [9.17, 15) is 18.0 Å². The number of ether oxygens (including phenoxy) is 1. The van der Waals surface area contributed by atoms with Crippen LogP contribution >= 0.6 is 0 Å². The second kappa shape index (κ2) is 6.70. The number of carbonyl (C=O) groups excluding carboxylic acids is 1. The van der Waals surface area contributed by atoms with Gasteiger partial charge in [-0.05, 0) is 43.4 Å². The molecule has 0 saturated heterocycles. The lowest BCUT2D eigenvalue weighted by atomic mass is 9.78. The van der Waals surface area contributed by atoms with Crippen LogP contribution < -0.4 is 0 Å². The number of hydrogen-bond acceptors (Lipinski definition) is 4. The Balaban J connectivity index is 2.21. The van der Waals surface area contributed by atoms with Gasteiger partial charge in [0.25, 0.3) is 0 Å². The molecule has 2 rings (SSSR count). The highest BCUT2D eigenvalue weighted by Gasteiger charge is 2.38. The fourth-order valence-corrected chi connectivity index (χ4v) is 2.75. The average molecular weight is 329 g/mol. The van der Waals surface area contributed by atoms with Gasteiger partial charge < -0.3 is 9.57 Å². The summed E-state index contributed by atoms with van der Waals surface area (Å²) in [6.07, 6.45) is -2.44. The van der Waals surface area contributed by atoms with Gasteiger partial charge in [0.05, 0.1) is 16.9 Å². The van der Waals surface area contributed by atoms with Gasteiger partial charge >= 0.3 is 12.1 Å². The SMILES string of the molecule is COC1(c2cccc(C(F)(F)F)c2)CCC(=NOC(C)=O)CC1. The summed E-state index contributed by atoms with van der Waals surface area (Å²) in [6, 6.07) is 5.22. The predicted octanol–water partition coefficient (Wildman–Crippen LogP) is 4.04. The second-order valence-electron chi connectivity index (χ2n) is 5.52. The number of rotatable bonds is 3. The smallest absolute Gasteiger partial charge is 0.374 e. The van der Waals surface area contributed by atoms with Crippen LogP contribution in [-0.2, 0) is 26.1 Å². The maximum atomic E-state index is 12.9. The van der Waals surface area contributed by atoms with Crippen LogP contribution in [0.15, 0.2) is 29.4 Å². The first-order valence-corrected chi connectivity index (χ1v) is 7.23. The van der Waals surface area contributed by atoms with E-state index in [1.807, 2.05) is 0 Å². The molecule has 23 heavy (non-hydrogen) atoms. The van der Waals surface area contributed by atoms with E-state index in [1.165, 1.54) is 20.1 Å². The third-order valence-corrected chi connectivity index (χ3v) is 4.04. The fraction of sp³-hybridized carbons (Fsp3) is 0.500. The number of methoxy groups -OCH3 is 1. The van der Waals surface area contributed by atoms with Crippen molar-refractivity contribution in [2.75, 3.05) is 7.11 Å². The standard InChI is InChI=1S/C16H18F3NO3/c1-11(21)23-20-14-6-8-15(22-2,9-7-14)12-4-3-5-13(10-12)16(17,18)19/h3-5,10H,6-9H2,1-2H3. The van der Waals surface area contributed by atoms with E-state index in [-0.39, 0.29) is 0 Å². The van der Waals surface area contributed by atoms with Gasteiger partial charge in [-0.25, -0.2) is 4.79 Å². The van der Waals surface area contributed by atoms with Gasteiger partial charge in [0, 0.05) is 14.0 Å². The molecule has 0 aromatic heterocycles. The van der Waals surface area contributed by atoms with E-state index >= 15 is 0 Å². The molecule has 0 heterocycles. The molecule has 1 aromatic carbocycles. The summed E-state index contributed by atoms with van der Waals surface area (Å²) in [5.41, 5.74) is -0.261. The fourth-order valence-electron chi connectivity index (χ4n) is 2.75. The highest BCUT2D eigenvalue weighted by molar-refractivity contribution is 5.85. The molecule has 4 nitrogen and oxygen atoms in total. The lowest BCUT2D eigenvalue weighted by molar-refractivity contribution is -0.141. The monoisotopic (exact) mass is 329 g/mol. The third-order valence-electron chi connectivity index (χ3n) is 4.04. The maximum absolute atomic E-state index is 12.9. The number of alkyl halides is 3. The Morgan fingerprint density at radius 2 is 1.91 bits per heavy atom. The van der Waals surface area contributed by atoms with Crippen molar-refractivity contribution in [3.63, 3.8) is 0 Å². The van der Waals surface area contributed by atoms with E-state index in [4.69, 9.17) is 4.74 Å². The summed E-state index contributed by atoms with van der Waals surface area (Å²) in [5.74, 6) is -0.501. The largest absolute Gasteiger partial charge is 0.416 e. The summed E-state index contributed by atoms with van der Waals surface area (Å²) in [6.45, 7) is 1.26. The summed E-state index contributed by atoms with van der Waals surface area (Å²) in [7, 11) is 1.49.